The largest absolute Gasteiger partial charge is 0.371 e. The van der Waals surface area contributed by atoms with E-state index < -0.39 is 0 Å². The fourth-order valence-electron chi connectivity index (χ4n) is 3.56. The summed E-state index contributed by atoms with van der Waals surface area (Å²) in [7, 11) is 0. The van der Waals surface area contributed by atoms with Crippen LogP contribution < -0.4 is 15.5 Å². The van der Waals surface area contributed by atoms with Crippen molar-refractivity contribution in [2.24, 2.45) is 0 Å². The van der Waals surface area contributed by atoms with Crippen molar-refractivity contribution in [2.45, 2.75) is 25.7 Å². The Morgan fingerprint density at radius 1 is 1.10 bits per heavy atom. The van der Waals surface area contributed by atoms with Crippen LogP contribution in [0.5, 0.6) is 0 Å². The van der Waals surface area contributed by atoms with Crippen molar-refractivity contribution in [2.75, 3.05) is 18.0 Å². The minimum atomic E-state index is -0.145. The third-order valence-corrected chi connectivity index (χ3v) is 4.59. The van der Waals surface area contributed by atoms with Gasteiger partial charge in [0.1, 0.15) is 5.70 Å². The average molecular weight is 299 g/mol. The number of benzene rings is 1. The summed E-state index contributed by atoms with van der Waals surface area (Å²) in [4.78, 5) is 14.3. The second-order valence-corrected chi connectivity index (χ2v) is 6.26. The van der Waals surface area contributed by atoms with Crippen molar-refractivity contribution in [3.63, 3.8) is 0 Å². The highest BCUT2D eigenvalue weighted by atomic mass is 32.1. The van der Waals surface area contributed by atoms with Crippen LogP contribution >= 0.6 is 12.2 Å². The summed E-state index contributed by atoms with van der Waals surface area (Å²) in [5.74, 6) is -0.145. The summed E-state index contributed by atoms with van der Waals surface area (Å²) < 4.78 is 0. The second kappa shape index (κ2) is 4.84. The number of hydrogen-bond donors (Lipinski definition) is 2. The second-order valence-electron chi connectivity index (χ2n) is 5.85. The molecule has 1 aromatic carbocycles. The molecule has 4 nitrogen and oxygen atoms in total. The molecule has 1 amide bonds. The van der Waals surface area contributed by atoms with Crippen LogP contribution in [0.1, 0.15) is 29.5 Å². The molecule has 3 aliphatic rings. The predicted octanol–water partition coefficient (Wildman–Crippen LogP) is 1.73. The molecule has 0 spiro atoms. The molecule has 1 aromatic rings. The number of nitrogens with one attached hydrogen (secondary N) is 2. The van der Waals surface area contributed by atoms with Gasteiger partial charge in [-0.05, 0) is 72.8 Å². The van der Waals surface area contributed by atoms with Crippen LogP contribution in [0.2, 0.25) is 0 Å². The molecule has 0 unspecified atom stereocenters. The fraction of sp³-hybridized carbons (Fsp3) is 0.375. The van der Waals surface area contributed by atoms with Crippen molar-refractivity contribution in [3.05, 3.63) is 34.5 Å². The third kappa shape index (κ3) is 2.21. The zero-order chi connectivity index (χ0) is 14.4. The van der Waals surface area contributed by atoms with Crippen molar-refractivity contribution in [1.29, 1.82) is 0 Å². The number of carbonyl (C=O) groups is 1. The molecular formula is C16H17N3OS. The quantitative estimate of drug-likeness (QED) is 0.612. The molecule has 0 aromatic heterocycles. The number of rotatable bonds is 1. The normalized spacial score (nSPS) is 22.1. The predicted molar refractivity (Wildman–Crippen MR) is 87.2 cm³/mol. The molecule has 4 rings (SSSR count). The molecule has 0 radical (unpaired) electrons. The van der Waals surface area contributed by atoms with Crippen molar-refractivity contribution in [1.82, 2.24) is 10.6 Å². The summed E-state index contributed by atoms with van der Waals surface area (Å²) >= 11 is 4.97. The van der Waals surface area contributed by atoms with Crippen molar-refractivity contribution in [3.8, 4) is 0 Å². The Morgan fingerprint density at radius 3 is 2.33 bits per heavy atom. The first-order chi connectivity index (χ1) is 10.2. The van der Waals surface area contributed by atoms with Crippen LogP contribution in [0.3, 0.4) is 0 Å². The zero-order valence-electron chi connectivity index (χ0n) is 11.7. The summed E-state index contributed by atoms with van der Waals surface area (Å²) in [5, 5.41) is 5.90. The molecule has 5 heteroatoms. The van der Waals surface area contributed by atoms with Gasteiger partial charge in [-0.2, -0.15) is 0 Å². The Labute approximate surface area is 129 Å². The molecule has 108 valence electrons. The Hall–Kier alpha value is -1.88. The Kier molecular flexibility index (Phi) is 2.96. The van der Waals surface area contributed by atoms with E-state index in [1.54, 1.807) is 0 Å². The standard InChI is InChI=1S/C16H17N3OS/c20-15-13(17-16(21)18-15)9-10-7-11-3-1-5-19-6-2-4-12(8-10)14(11)19/h7-9H,1-6H2,(H2,17,18,20,21)/b13-9-. The van der Waals surface area contributed by atoms with Gasteiger partial charge >= 0.3 is 0 Å². The molecule has 0 bridgehead atoms. The molecule has 3 heterocycles. The number of carbonyl (C=O) groups excluding carboxylic acids is 1. The van der Waals surface area contributed by atoms with Gasteiger partial charge in [0.05, 0.1) is 0 Å². The third-order valence-electron chi connectivity index (χ3n) is 4.39. The molecular weight excluding hydrogens is 282 g/mol. The topological polar surface area (TPSA) is 44.4 Å². The van der Waals surface area contributed by atoms with Crippen LogP contribution in [0.4, 0.5) is 5.69 Å². The van der Waals surface area contributed by atoms with E-state index in [1.807, 2.05) is 6.08 Å². The molecule has 1 fully saturated rings. The molecule has 0 saturated carbocycles. The number of thiocarbonyl (C=S) groups is 1. The lowest BCUT2D eigenvalue weighted by molar-refractivity contribution is -0.115. The minimum Gasteiger partial charge on any atom is -0.371 e. The van der Waals surface area contributed by atoms with Crippen molar-refractivity contribution >= 4 is 35.0 Å². The monoisotopic (exact) mass is 299 g/mol. The minimum absolute atomic E-state index is 0.145. The maximum atomic E-state index is 11.8. The summed E-state index contributed by atoms with van der Waals surface area (Å²) in [5.41, 5.74) is 5.93. The first kappa shape index (κ1) is 12.8. The van der Waals surface area contributed by atoms with E-state index in [4.69, 9.17) is 12.2 Å². The lowest BCUT2D eigenvalue weighted by Gasteiger charge is -2.37. The average Bonchev–Trinajstić information content (AvgIpc) is 2.77. The Bertz CT molecular complexity index is 649. The van der Waals surface area contributed by atoms with E-state index in [9.17, 15) is 4.79 Å². The van der Waals surface area contributed by atoms with E-state index in [-0.39, 0.29) is 5.91 Å². The van der Waals surface area contributed by atoms with Gasteiger partial charge in [0.2, 0.25) is 0 Å². The number of anilines is 1. The fourth-order valence-corrected chi connectivity index (χ4v) is 3.77. The van der Waals surface area contributed by atoms with Gasteiger partial charge in [0, 0.05) is 18.8 Å². The highest BCUT2D eigenvalue weighted by Gasteiger charge is 2.25. The highest BCUT2D eigenvalue weighted by molar-refractivity contribution is 7.80. The lowest BCUT2D eigenvalue weighted by Crippen LogP contribution is -2.34. The number of amides is 1. The van der Waals surface area contributed by atoms with Gasteiger partial charge in [-0.1, -0.05) is 0 Å². The maximum Gasteiger partial charge on any atom is 0.273 e. The van der Waals surface area contributed by atoms with Crippen LogP contribution in [-0.4, -0.2) is 24.1 Å². The molecule has 21 heavy (non-hydrogen) atoms. The Morgan fingerprint density at radius 2 is 1.76 bits per heavy atom. The van der Waals surface area contributed by atoms with Crippen molar-refractivity contribution < 1.29 is 4.79 Å². The van der Waals surface area contributed by atoms with Crippen LogP contribution in [0.15, 0.2) is 17.8 Å². The van der Waals surface area contributed by atoms with Gasteiger partial charge in [-0.3, -0.25) is 10.1 Å². The first-order valence-corrected chi connectivity index (χ1v) is 7.86. The van der Waals surface area contributed by atoms with E-state index in [1.165, 1.54) is 42.7 Å². The smallest absolute Gasteiger partial charge is 0.273 e. The first-order valence-electron chi connectivity index (χ1n) is 7.45. The van der Waals surface area contributed by atoms with Gasteiger partial charge in [-0.15, -0.1) is 0 Å². The zero-order valence-corrected chi connectivity index (χ0v) is 12.6. The van der Waals surface area contributed by atoms with Crippen LogP contribution in [-0.2, 0) is 17.6 Å². The van der Waals surface area contributed by atoms with E-state index in [0.29, 0.717) is 10.8 Å². The number of hydrogen-bond acceptors (Lipinski definition) is 3. The molecule has 0 atom stereocenters. The lowest BCUT2D eigenvalue weighted by atomic mass is 9.90. The van der Waals surface area contributed by atoms with Gasteiger partial charge in [0.15, 0.2) is 5.11 Å². The number of nitrogens with zero attached hydrogens (tertiary/aromatic N) is 1. The number of aryl methyl sites for hydroxylation is 2. The van der Waals surface area contributed by atoms with Gasteiger partial charge in [-0.25, -0.2) is 0 Å². The molecule has 0 aliphatic carbocycles. The van der Waals surface area contributed by atoms with Crippen LogP contribution in [0, 0.1) is 0 Å². The van der Waals surface area contributed by atoms with E-state index >= 15 is 0 Å². The van der Waals surface area contributed by atoms with E-state index in [2.05, 4.69) is 27.7 Å². The van der Waals surface area contributed by atoms with E-state index in [0.717, 1.165) is 18.4 Å². The van der Waals surface area contributed by atoms with Gasteiger partial charge < -0.3 is 10.2 Å². The van der Waals surface area contributed by atoms with Crippen LogP contribution in [0.25, 0.3) is 6.08 Å². The summed E-state index contributed by atoms with van der Waals surface area (Å²) in [6.45, 7) is 2.36. The Balaban J connectivity index is 1.76. The molecule has 2 N–H and O–H groups in total. The SMILES string of the molecule is O=C1NC(=S)N/C1=C\c1cc2c3c(c1)CCCN3CCC2. The molecule has 1 saturated heterocycles. The van der Waals surface area contributed by atoms with Gasteiger partial charge in [0.25, 0.3) is 5.91 Å². The highest BCUT2D eigenvalue weighted by Crippen LogP contribution is 2.36. The summed E-state index contributed by atoms with van der Waals surface area (Å²) in [6, 6.07) is 4.44. The molecule has 3 aliphatic heterocycles. The summed E-state index contributed by atoms with van der Waals surface area (Å²) in [6.07, 6.45) is 6.60. The maximum absolute atomic E-state index is 11.8.